The number of nitrogens with two attached hydrogens (primary N) is 1. The molecule has 3 rings (SSSR count). The molecule has 0 radical (unpaired) electrons. The average molecular weight is 299 g/mol. The number of hydrogen-bond donors (Lipinski definition) is 2. The number of rotatable bonds is 4. The second-order valence-corrected chi connectivity index (χ2v) is 4.80. The molecule has 0 fully saturated rings. The number of aliphatic hydroxyl groups excluding tert-OH is 1. The van der Waals surface area contributed by atoms with E-state index < -0.39 is 0 Å². The van der Waals surface area contributed by atoms with Crippen molar-refractivity contribution in [2.75, 3.05) is 20.0 Å². The minimum atomic E-state index is -0.0911. The predicted molar refractivity (Wildman–Crippen MR) is 84.1 cm³/mol. The van der Waals surface area contributed by atoms with Crippen LogP contribution in [0, 0.1) is 0 Å². The lowest BCUT2D eigenvalue weighted by Crippen LogP contribution is -1.96. The summed E-state index contributed by atoms with van der Waals surface area (Å²) in [5, 5.41) is 9.43. The van der Waals surface area contributed by atoms with Crippen LogP contribution >= 0.6 is 0 Å². The number of imidazole rings is 1. The molecule has 0 aliphatic carbocycles. The molecule has 6 heteroatoms. The van der Waals surface area contributed by atoms with E-state index in [4.69, 9.17) is 15.2 Å². The van der Waals surface area contributed by atoms with E-state index in [0.29, 0.717) is 28.7 Å². The molecule has 2 aromatic heterocycles. The molecule has 3 N–H and O–H groups in total. The smallest absolute Gasteiger partial charge is 0.161 e. The van der Waals surface area contributed by atoms with E-state index in [-0.39, 0.29) is 6.61 Å². The van der Waals surface area contributed by atoms with Crippen LogP contribution in [0.3, 0.4) is 0 Å². The third kappa shape index (κ3) is 2.14. The molecule has 0 unspecified atom stereocenters. The first-order valence-corrected chi connectivity index (χ1v) is 6.78. The second-order valence-electron chi connectivity index (χ2n) is 4.80. The second kappa shape index (κ2) is 5.57. The molecule has 0 spiro atoms. The van der Waals surface area contributed by atoms with Gasteiger partial charge in [0.1, 0.15) is 17.2 Å². The van der Waals surface area contributed by atoms with Crippen molar-refractivity contribution in [3.05, 3.63) is 42.1 Å². The highest BCUT2D eigenvalue weighted by atomic mass is 16.5. The van der Waals surface area contributed by atoms with Gasteiger partial charge in [-0.05, 0) is 24.3 Å². The van der Waals surface area contributed by atoms with Crippen LogP contribution in [-0.4, -0.2) is 28.7 Å². The summed E-state index contributed by atoms with van der Waals surface area (Å²) in [4.78, 5) is 4.57. The normalized spacial score (nSPS) is 10.9. The molecule has 0 bridgehead atoms. The lowest BCUT2D eigenvalue weighted by atomic mass is 10.1. The summed E-state index contributed by atoms with van der Waals surface area (Å²) in [5.74, 6) is 1.76. The number of ether oxygens (including phenoxy) is 2. The van der Waals surface area contributed by atoms with Crippen LogP contribution in [0.5, 0.6) is 11.5 Å². The molecule has 0 saturated heterocycles. The highest BCUT2D eigenvalue weighted by Crippen LogP contribution is 2.34. The molecule has 3 aromatic rings. The third-order valence-corrected chi connectivity index (χ3v) is 3.60. The lowest BCUT2D eigenvalue weighted by Gasteiger charge is -2.08. The summed E-state index contributed by atoms with van der Waals surface area (Å²) in [5.41, 5.74) is 9.03. The Bertz CT molecular complexity index is 827. The number of benzene rings is 1. The number of hydrogen-bond acceptors (Lipinski definition) is 5. The Morgan fingerprint density at radius 1 is 1.18 bits per heavy atom. The molecule has 114 valence electrons. The SMILES string of the molecule is COc1ccc(-c2nc3c(CO)cccn3c2N)cc1OC. The van der Waals surface area contributed by atoms with Crippen molar-refractivity contribution < 1.29 is 14.6 Å². The quantitative estimate of drug-likeness (QED) is 0.771. The van der Waals surface area contributed by atoms with Gasteiger partial charge in [-0.25, -0.2) is 4.98 Å². The first-order chi connectivity index (χ1) is 10.7. The van der Waals surface area contributed by atoms with Crippen molar-refractivity contribution in [1.82, 2.24) is 9.38 Å². The molecule has 22 heavy (non-hydrogen) atoms. The molecular formula is C16H17N3O3. The van der Waals surface area contributed by atoms with Gasteiger partial charge in [-0.2, -0.15) is 0 Å². The first kappa shape index (κ1) is 14.2. The summed E-state index contributed by atoms with van der Waals surface area (Å²) < 4.78 is 12.3. The van der Waals surface area contributed by atoms with Crippen molar-refractivity contribution in [3.8, 4) is 22.8 Å². The van der Waals surface area contributed by atoms with E-state index in [1.54, 1.807) is 18.6 Å². The maximum Gasteiger partial charge on any atom is 0.161 e. The van der Waals surface area contributed by atoms with E-state index in [1.165, 1.54) is 0 Å². The molecule has 6 nitrogen and oxygen atoms in total. The Morgan fingerprint density at radius 3 is 2.64 bits per heavy atom. The zero-order chi connectivity index (χ0) is 15.7. The Morgan fingerprint density at radius 2 is 1.95 bits per heavy atom. The number of fused-ring (bicyclic) bond motifs is 1. The van der Waals surface area contributed by atoms with Crippen molar-refractivity contribution in [2.45, 2.75) is 6.61 Å². The van der Waals surface area contributed by atoms with Gasteiger partial charge in [0, 0.05) is 17.3 Å². The van der Waals surface area contributed by atoms with E-state index in [0.717, 1.165) is 11.1 Å². The van der Waals surface area contributed by atoms with Gasteiger partial charge in [-0.1, -0.05) is 6.07 Å². The highest BCUT2D eigenvalue weighted by Gasteiger charge is 2.15. The number of aromatic nitrogens is 2. The zero-order valence-electron chi connectivity index (χ0n) is 12.4. The van der Waals surface area contributed by atoms with Crippen molar-refractivity contribution in [3.63, 3.8) is 0 Å². The molecule has 1 aromatic carbocycles. The van der Waals surface area contributed by atoms with Gasteiger partial charge in [0.05, 0.1) is 20.8 Å². The molecule has 0 aliphatic rings. The molecule has 0 saturated carbocycles. The van der Waals surface area contributed by atoms with Gasteiger partial charge in [0.25, 0.3) is 0 Å². The third-order valence-electron chi connectivity index (χ3n) is 3.60. The zero-order valence-corrected chi connectivity index (χ0v) is 12.4. The largest absolute Gasteiger partial charge is 0.493 e. The Labute approximate surface area is 127 Å². The summed E-state index contributed by atoms with van der Waals surface area (Å²) in [7, 11) is 3.17. The number of aliphatic hydroxyl groups is 1. The molecule has 2 heterocycles. The van der Waals surface area contributed by atoms with E-state index >= 15 is 0 Å². The minimum Gasteiger partial charge on any atom is -0.493 e. The topological polar surface area (TPSA) is 82.0 Å². The molecule has 0 amide bonds. The standard InChI is InChI=1S/C16H17N3O3/c1-21-12-6-5-10(8-13(12)22-2)14-15(17)19-7-3-4-11(9-20)16(19)18-14/h3-8,20H,9,17H2,1-2H3. The Kier molecular flexibility index (Phi) is 3.60. The summed E-state index contributed by atoms with van der Waals surface area (Å²) in [6.45, 7) is -0.0911. The Balaban J connectivity index is 2.20. The number of nitrogen functional groups attached to an aromatic ring is 1. The van der Waals surface area contributed by atoms with Crippen LogP contribution in [0.1, 0.15) is 5.56 Å². The minimum absolute atomic E-state index is 0.0911. The van der Waals surface area contributed by atoms with Gasteiger partial charge in [-0.3, -0.25) is 4.40 Å². The average Bonchev–Trinajstić information content (AvgIpc) is 2.91. The van der Waals surface area contributed by atoms with E-state index in [9.17, 15) is 5.11 Å². The van der Waals surface area contributed by atoms with Crippen LogP contribution in [-0.2, 0) is 6.61 Å². The summed E-state index contributed by atoms with van der Waals surface area (Å²) >= 11 is 0. The summed E-state index contributed by atoms with van der Waals surface area (Å²) in [6, 6.07) is 9.16. The fourth-order valence-corrected chi connectivity index (χ4v) is 2.46. The number of methoxy groups -OCH3 is 2. The van der Waals surface area contributed by atoms with Crippen molar-refractivity contribution in [2.24, 2.45) is 0 Å². The van der Waals surface area contributed by atoms with Crippen LogP contribution < -0.4 is 15.2 Å². The maximum atomic E-state index is 9.43. The summed E-state index contributed by atoms with van der Waals surface area (Å²) in [6.07, 6.45) is 1.82. The van der Waals surface area contributed by atoms with Crippen LogP contribution in [0.2, 0.25) is 0 Å². The van der Waals surface area contributed by atoms with E-state index in [1.807, 2.05) is 36.5 Å². The molecule has 0 atom stereocenters. The fourth-order valence-electron chi connectivity index (χ4n) is 2.46. The Hall–Kier alpha value is -2.73. The van der Waals surface area contributed by atoms with Crippen LogP contribution in [0.25, 0.3) is 16.9 Å². The van der Waals surface area contributed by atoms with E-state index in [2.05, 4.69) is 4.98 Å². The lowest BCUT2D eigenvalue weighted by molar-refractivity contribution is 0.282. The van der Waals surface area contributed by atoms with Gasteiger partial charge in [0.15, 0.2) is 11.5 Å². The van der Waals surface area contributed by atoms with Gasteiger partial charge in [-0.15, -0.1) is 0 Å². The first-order valence-electron chi connectivity index (χ1n) is 6.78. The monoisotopic (exact) mass is 299 g/mol. The van der Waals surface area contributed by atoms with Gasteiger partial charge < -0.3 is 20.3 Å². The van der Waals surface area contributed by atoms with Gasteiger partial charge >= 0.3 is 0 Å². The molecule has 0 aliphatic heterocycles. The number of anilines is 1. The van der Waals surface area contributed by atoms with Crippen molar-refractivity contribution in [1.29, 1.82) is 0 Å². The van der Waals surface area contributed by atoms with Crippen LogP contribution in [0.15, 0.2) is 36.5 Å². The maximum absolute atomic E-state index is 9.43. The van der Waals surface area contributed by atoms with Gasteiger partial charge in [0.2, 0.25) is 0 Å². The van der Waals surface area contributed by atoms with Crippen LogP contribution in [0.4, 0.5) is 5.82 Å². The highest BCUT2D eigenvalue weighted by molar-refractivity contribution is 5.77. The number of nitrogens with zero attached hydrogens (tertiary/aromatic N) is 2. The number of pyridine rings is 1. The fraction of sp³-hybridized carbons (Fsp3) is 0.188. The molecular weight excluding hydrogens is 282 g/mol. The predicted octanol–water partition coefficient (Wildman–Crippen LogP) is 2.09. The van der Waals surface area contributed by atoms with Crippen molar-refractivity contribution >= 4 is 11.5 Å².